The van der Waals surface area contributed by atoms with E-state index in [1.54, 1.807) is 23.1 Å². The third-order valence-electron chi connectivity index (χ3n) is 3.35. The van der Waals surface area contributed by atoms with E-state index < -0.39 is 0 Å². The summed E-state index contributed by atoms with van der Waals surface area (Å²) in [6.45, 7) is 2.23. The Morgan fingerprint density at radius 1 is 1.37 bits per heavy atom. The van der Waals surface area contributed by atoms with Crippen molar-refractivity contribution in [2.75, 3.05) is 12.0 Å². The summed E-state index contributed by atoms with van der Waals surface area (Å²) in [5, 5.41) is 11.2. The zero-order valence-electron chi connectivity index (χ0n) is 11.2. The average Bonchev–Trinajstić information content (AvgIpc) is 2.87. The number of rotatable bonds is 5. The van der Waals surface area contributed by atoms with Gasteiger partial charge in [0, 0.05) is 6.04 Å². The van der Waals surface area contributed by atoms with Gasteiger partial charge in [0.15, 0.2) is 8.68 Å². The molecule has 0 bridgehead atoms. The number of nitrogens with one attached hydrogen (secondary N) is 1. The second-order valence-electron chi connectivity index (χ2n) is 4.76. The van der Waals surface area contributed by atoms with Crippen LogP contribution in [0.4, 0.5) is 0 Å². The molecule has 106 valence electrons. The standard InChI is InChI=1S/C12H19N3OS3/c1-8-5-3-4-6-9(8)13-10(16)7-18-12-15-14-11(17-2)19-12/h8-9H,3-7H2,1-2H3,(H,13,16)/t8-,9-/m0/s1. The maximum atomic E-state index is 11.9. The molecule has 0 spiro atoms. The summed E-state index contributed by atoms with van der Waals surface area (Å²) in [6, 6.07) is 0.359. The second-order valence-corrected chi connectivity index (χ2v) is 8.02. The molecule has 2 rings (SSSR count). The summed E-state index contributed by atoms with van der Waals surface area (Å²) < 4.78 is 1.82. The largest absolute Gasteiger partial charge is 0.352 e. The predicted molar refractivity (Wildman–Crippen MR) is 82.0 cm³/mol. The van der Waals surface area contributed by atoms with Gasteiger partial charge in [0.05, 0.1) is 5.75 Å². The van der Waals surface area contributed by atoms with Crippen molar-refractivity contribution in [1.82, 2.24) is 15.5 Å². The van der Waals surface area contributed by atoms with Gasteiger partial charge in [0.1, 0.15) is 0 Å². The lowest BCUT2D eigenvalue weighted by molar-refractivity contribution is -0.119. The predicted octanol–water partition coefficient (Wildman–Crippen LogP) is 3.05. The third kappa shape index (κ3) is 4.65. The van der Waals surface area contributed by atoms with Crippen LogP contribution in [0.3, 0.4) is 0 Å². The molecule has 0 aromatic carbocycles. The van der Waals surface area contributed by atoms with E-state index in [1.165, 1.54) is 31.0 Å². The Morgan fingerprint density at radius 2 is 2.11 bits per heavy atom. The summed E-state index contributed by atoms with van der Waals surface area (Å²) in [6.07, 6.45) is 6.85. The van der Waals surface area contributed by atoms with Crippen LogP contribution in [0.1, 0.15) is 32.6 Å². The lowest BCUT2D eigenvalue weighted by atomic mass is 9.86. The molecule has 19 heavy (non-hydrogen) atoms. The lowest BCUT2D eigenvalue weighted by Crippen LogP contribution is -2.41. The molecule has 0 radical (unpaired) electrons. The van der Waals surface area contributed by atoms with Gasteiger partial charge in [-0.15, -0.1) is 10.2 Å². The van der Waals surface area contributed by atoms with Gasteiger partial charge in [-0.1, -0.05) is 54.6 Å². The van der Waals surface area contributed by atoms with E-state index in [1.807, 2.05) is 6.26 Å². The summed E-state index contributed by atoms with van der Waals surface area (Å²) in [4.78, 5) is 11.9. The quantitative estimate of drug-likeness (QED) is 0.846. The normalized spacial score (nSPS) is 23.3. The number of aromatic nitrogens is 2. The molecule has 1 heterocycles. The molecule has 1 aliphatic carbocycles. The monoisotopic (exact) mass is 317 g/mol. The highest BCUT2D eigenvalue weighted by molar-refractivity contribution is 8.03. The Bertz CT molecular complexity index is 424. The fraction of sp³-hybridized carbons (Fsp3) is 0.750. The molecular formula is C12H19N3OS3. The van der Waals surface area contributed by atoms with E-state index in [-0.39, 0.29) is 5.91 Å². The van der Waals surface area contributed by atoms with Gasteiger partial charge in [0.25, 0.3) is 0 Å². The topological polar surface area (TPSA) is 54.9 Å². The van der Waals surface area contributed by atoms with Gasteiger partial charge in [-0.3, -0.25) is 4.79 Å². The van der Waals surface area contributed by atoms with Gasteiger partial charge in [0.2, 0.25) is 5.91 Å². The highest BCUT2D eigenvalue weighted by Gasteiger charge is 2.22. The summed E-state index contributed by atoms with van der Waals surface area (Å²) in [7, 11) is 0. The van der Waals surface area contributed by atoms with E-state index in [4.69, 9.17) is 0 Å². The van der Waals surface area contributed by atoms with Crippen LogP contribution in [0.2, 0.25) is 0 Å². The van der Waals surface area contributed by atoms with Crippen LogP contribution in [0.25, 0.3) is 0 Å². The Balaban J connectivity index is 1.74. The molecular weight excluding hydrogens is 298 g/mol. The molecule has 1 aromatic heterocycles. The smallest absolute Gasteiger partial charge is 0.230 e. The maximum absolute atomic E-state index is 11.9. The molecule has 1 aliphatic rings. The molecule has 1 aromatic rings. The van der Waals surface area contributed by atoms with E-state index >= 15 is 0 Å². The van der Waals surface area contributed by atoms with Crippen LogP contribution in [0.5, 0.6) is 0 Å². The van der Waals surface area contributed by atoms with Crippen LogP contribution >= 0.6 is 34.9 Å². The third-order valence-corrected chi connectivity index (χ3v) is 6.38. The SMILES string of the molecule is CSc1nnc(SCC(=O)N[C@H]2CCCC[C@@H]2C)s1. The van der Waals surface area contributed by atoms with Crippen LogP contribution in [-0.4, -0.2) is 34.2 Å². The first kappa shape index (κ1) is 15.1. The summed E-state index contributed by atoms with van der Waals surface area (Å²) in [5.74, 6) is 1.16. The van der Waals surface area contributed by atoms with Crippen molar-refractivity contribution >= 4 is 40.8 Å². The number of hydrogen-bond acceptors (Lipinski definition) is 6. The van der Waals surface area contributed by atoms with Crippen molar-refractivity contribution in [1.29, 1.82) is 0 Å². The number of carbonyl (C=O) groups excluding carboxylic acids is 1. The first-order chi connectivity index (χ1) is 9.19. The first-order valence-corrected chi connectivity index (χ1v) is 9.51. The van der Waals surface area contributed by atoms with Gasteiger partial charge in [-0.25, -0.2) is 0 Å². The summed E-state index contributed by atoms with van der Waals surface area (Å²) >= 11 is 4.60. The molecule has 1 amide bonds. The molecule has 0 aliphatic heterocycles. The number of nitrogens with zero attached hydrogens (tertiary/aromatic N) is 2. The van der Waals surface area contributed by atoms with Crippen molar-refractivity contribution in [3.63, 3.8) is 0 Å². The van der Waals surface area contributed by atoms with E-state index in [0.29, 0.717) is 17.7 Å². The summed E-state index contributed by atoms with van der Waals surface area (Å²) in [5.41, 5.74) is 0. The molecule has 7 heteroatoms. The second kappa shape index (κ2) is 7.50. The molecule has 1 saturated carbocycles. The van der Waals surface area contributed by atoms with Gasteiger partial charge in [-0.05, 0) is 25.0 Å². The highest BCUT2D eigenvalue weighted by atomic mass is 32.2. The van der Waals surface area contributed by atoms with Crippen molar-refractivity contribution in [3.05, 3.63) is 0 Å². The molecule has 0 unspecified atom stereocenters. The molecule has 2 atom stereocenters. The molecule has 1 N–H and O–H groups in total. The Hall–Kier alpha value is -0.270. The number of carbonyl (C=O) groups is 1. The number of hydrogen-bond donors (Lipinski definition) is 1. The minimum Gasteiger partial charge on any atom is -0.352 e. The van der Waals surface area contributed by atoms with E-state index in [2.05, 4.69) is 22.4 Å². The van der Waals surface area contributed by atoms with Crippen LogP contribution in [-0.2, 0) is 4.79 Å². The Labute approximate surface area is 126 Å². The van der Waals surface area contributed by atoms with Gasteiger partial charge in [-0.2, -0.15) is 0 Å². The van der Waals surface area contributed by atoms with Crippen LogP contribution in [0, 0.1) is 5.92 Å². The molecule has 0 saturated heterocycles. The number of amides is 1. The minimum absolute atomic E-state index is 0.115. The average molecular weight is 318 g/mol. The molecule has 4 nitrogen and oxygen atoms in total. The van der Waals surface area contributed by atoms with Crippen molar-refractivity contribution in [2.24, 2.45) is 5.92 Å². The van der Waals surface area contributed by atoms with Crippen molar-refractivity contribution in [2.45, 2.75) is 47.3 Å². The van der Waals surface area contributed by atoms with E-state index in [9.17, 15) is 4.79 Å². The maximum Gasteiger partial charge on any atom is 0.230 e. The van der Waals surface area contributed by atoms with Crippen molar-refractivity contribution < 1.29 is 4.79 Å². The fourth-order valence-electron chi connectivity index (χ4n) is 2.24. The van der Waals surface area contributed by atoms with Gasteiger partial charge < -0.3 is 5.32 Å². The van der Waals surface area contributed by atoms with E-state index in [0.717, 1.165) is 15.1 Å². The molecule has 1 fully saturated rings. The Kier molecular flexibility index (Phi) is 5.97. The van der Waals surface area contributed by atoms with Crippen LogP contribution < -0.4 is 5.32 Å². The zero-order chi connectivity index (χ0) is 13.7. The minimum atomic E-state index is 0.115. The first-order valence-electron chi connectivity index (χ1n) is 6.48. The van der Waals surface area contributed by atoms with Gasteiger partial charge >= 0.3 is 0 Å². The highest BCUT2D eigenvalue weighted by Crippen LogP contribution is 2.27. The fourth-order valence-corrected chi connectivity index (χ4v) is 4.49. The lowest BCUT2D eigenvalue weighted by Gasteiger charge is -2.29. The number of thioether (sulfide) groups is 2. The van der Waals surface area contributed by atoms with Crippen molar-refractivity contribution in [3.8, 4) is 0 Å². The van der Waals surface area contributed by atoms with Crippen LogP contribution in [0.15, 0.2) is 8.68 Å². The Morgan fingerprint density at radius 3 is 2.79 bits per heavy atom. The zero-order valence-corrected chi connectivity index (χ0v) is 13.7.